The van der Waals surface area contributed by atoms with Gasteiger partial charge in [0.15, 0.2) is 0 Å². The van der Waals surface area contributed by atoms with Crippen LogP contribution < -0.4 is 5.32 Å². The van der Waals surface area contributed by atoms with Gasteiger partial charge in [0.2, 0.25) is 0 Å². The van der Waals surface area contributed by atoms with E-state index in [4.69, 9.17) is 9.72 Å². The van der Waals surface area contributed by atoms with E-state index in [1.165, 1.54) is 23.4 Å². The quantitative estimate of drug-likeness (QED) is 0.888. The van der Waals surface area contributed by atoms with E-state index < -0.39 is 0 Å². The molecule has 1 N–H and O–H groups in total. The van der Waals surface area contributed by atoms with Gasteiger partial charge in [-0.25, -0.2) is 4.98 Å². The van der Waals surface area contributed by atoms with Crippen molar-refractivity contribution in [1.29, 1.82) is 0 Å². The Hall–Kier alpha value is -0.450. The molecule has 18 heavy (non-hydrogen) atoms. The lowest BCUT2D eigenvalue weighted by Crippen LogP contribution is -2.20. The number of methoxy groups -OCH3 is 1. The van der Waals surface area contributed by atoms with E-state index in [9.17, 15) is 0 Å². The van der Waals surface area contributed by atoms with Crippen molar-refractivity contribution in [1.82, 2.24) is 10.3 Å². The first-order valence-electron chi connectivity index (χ1n) is 6.68. The Labute approximate surface area is 114 Å². The van der Waals surface area contributed by atoms with Gasteiger partial charge in [-0.2, -0.15) is 0 Å². The van der Waals surface area contributed by atoms with Crippen LogP contribution in [0.15, 0.2) is 0 Å². The number of thiazole rings is 1. The molecule has 0 spiro atoms. The minimum absolute atomic E-state index is 0.0887. The van der Waals surface area contributed by atoms with Crippen LogP contribution in [0.5, 0.6) is 0 Å². The van der Waals surface area contributed by atoms with Gasteiger partial charge in [-0.05, 0) is 19.8 Å². The van der Waals surface area contributed by atoms with E-state index in [2.05, 4.69) is 33.0 Å². The van der Waals surface area contributed by atoms with Crippen LogP contribution in [0.3, 0.4) is 0 Å². The van der Waals surface area contributed by atoms with E-state index in [0.717, 1.165) is 17.6 Å². The molecule has 1 aromatic heterocycles. The van der Waals surface area contributed by atoms with Gasteiger partial charge >= 0.3 is 0 Å². The molecule has 3 nitrogen and oxygen atoms in total. The maximum absolute atomic E-state index is 5.38. The highest BCUT2D eigenvalue weighted by molar-refractivity contribution is 7.11. The highest BCUT2D eigenvalue weighted by atomic mass is 32.1. The summed E-state index contributed by atoms with van der Waals surface area (Å²) in [6, 6.07) is 0.739. The Balaban J connectivity index is 2.20. The van der Waals surface area contributed by atoms with Gasteiger partial charge in [0.05, 0.1) is 5.69 Å². The lowest BCUT2D eigenvalue weighted by molar-refractivity contribution is 0.119. The standard InChI is InChI=1S/C14H24N2OS/c1-9(17-5)13-16-12(14(2,3)4)11(18-13)8-15-10-6-7-10/h9-10,15H,6-8H2,1-5H3. The highest BCUT2D eigenvalue weighted by Gasteiger charge is 2.26. The predicted molar refractivity (Wildman–Crippen MR) is 76.1 cm³/mol. The molecule has 1 atom stereocenters. The maximum Gasteiger partial charge on any atom is 0.122 e. The van der Waals surface area contributed by atoms with Crippen molar-refractivity contribution in [3.05, 3.63) is 15.6 Å². The molecular weight excluding hydrogens is 244 g/mol. The van der Waals surface area contributed by atoms with Crippen molar-refractivity contribution in [2.45, 2.75) is 64.6 Å². The molecule has 1 heterocycles. The Bertz CT molecular complexity index is 404. The van der Waals surface area contributed by atoms with Gasteiger partial charge in [0, 0.05) is 30.0 Å². The van der Waals surface area contributed by atoms with Crippen molar-refractivity contribution in [3.8, 4) is 0 Å². The zero-order chi connectivity index (χ0) is 13.3. The SMILES string of the molecule is COC(C)c1nc(C(C)(C)C)c(CNC2CC2)s1. The minimum Gasteiger partial charge on any atom is -0.375 e. The molecule has 102 valence electrons. The molecule has 1 aromatic rings. The number of hydrogen-bond acceptors (Lipinski definition) is 4. The monoisotopic (exact) mass is 268 g/mol. The van der Waals surface area contributed by atoms with Crippen molar-refractivity contribution >= 4 is 11.3 Å². The average Bonchev–Trinajstić information content (AvgIpc) is 3.02. The third-order valence-corrected chi connectivity index (χ3v) is 4.47. The second kappa shape index (κ2) is 5.27. The summed E-state index contributed by atoms with van der Waals surface area (Å²) < 4.78 is 5.38. The molecule has 0 radical (unpaired) electrons. The Morgan fingerprint density at radius 2 is 2.11 bits per heavy atom. The number of hydrogen-bond donors (Lipinski definition) is 1. The zero-order valence-corrected chi connectivity index (χ0v) is 12.9. The molecule has 0 saturated heterocycles. The van der Waals surface area contributed by atoms with Gasteiger partial charge < -0.3 is 10.1 Å². The Morgan fingerprint density at radius 1 is 1.44 bits per heavy atom. The lowest BCUT2D eigenvalue weighted by atomic mass is 9.91. The number of nitrogens with zero attached hydrogens (tertiary/aromatic N) is 1. The normalized spacial score (nSPS) is 18.1. The van der Waals surface area contributed by atoms with E-state index in [-0.39, 0.29) is 11.5 Å². The molecule has 0 amide bonds. The summed E-state index contributed by atoms with van der Waals surface area (Å²) in [5, 5.41) is 4.68. The van der Waals surface area contributed by atoms with Crippen molar-refractivity contribution in [2.24, 2.45) is 0 Å². The third-order valence-electron chi connectivity index (χ3n) is 3.25. The summed E-state index contributed by atoms with van der Waals surface area (Å²) >= 11 is 1.79. The van der Waals surface area contributed by atoms with Crippen LogP contribution in [-0.4, -0.2) is 18.1 Å². The molecule has 0 bridgehead atoms. The first kappa shape index (κ1) is 14.0. The summed E-state index contributed by atoms with van der Waals surface area (Å²) in [5.41, 5.74) is 1.32. The van der Waals surface area contributed by atoms with Crippen molar-refractivity contribution in [3.63, 3.8) is 0 Å². The maximum atomic E-state index is 5.38. The van der Waals surface area contributed by atoms with Gasteiger partial charge in [-0.15, -0.1) is 11.3 Å². The summed E-state index contributed by atoms with van der Waals surface area (Å²) in [6.07, 6.45) is 2.74. The number of rotatable bonds is 5. The molecule has 4 heteroatoms. The fourth-order valence-electron chi connectivity index (χ4n) is 1.87. The molecule has 1 unspecified atom stereocenters. The molecular formula is C14H24N2OS. The van der Waals surface area contributed by atoms with Crippen LogP contribution in [0.4, 0.5) is 0 Å². The van der Waals surface area contributed by atoms with Crippen molar-refractivity contribution in [2.75, 3.05) is 7.11 Å². The smallest absolute Gasteiger partial charge is 0.122 e. The van der Waals surface area contributed by atoms with Crippen molar-refractivity contribution < 1.29 is 4.74 Å². The van der Waals surface area contributed by atoms with Crippen LogP contribution in [-0.2, 0) is 16.7 Å². The van der Waals surface area contributed by atoms with E-state index >= 15 is 0 Å². The summed E-state index contributed by atoms with van der Waals surface area (Å²) in [5.74, 6) is 0. The average molecular weight is 268 g/mol. The van der Waals surface area contributed by atoms with E-state index in [0.29, 0.717) is 0 Å². The summed E-state index contributed by atoms with van der Waals surface area (Å²) in [4.78, 5) is 6.17. The molecule has 2 rings (SSSR count). The molecule has 1 aliphatic carbocycles. The molecule has 1 saturated carbocycles. The van der Waals surface area contributed by atoms with Crippen LogP contribution in [0.2, 0.25) is 0 Å². The zero-order valence-electron chi connectivity index (χ0n) is 12.0. The predicted octanol–water partition coefficient (Wildman–Crippen LogP) is 3.40. The largest absolute Gasteiger partial charge is 0.375 e. The third kappa shape index (κ3) is 3.31. The second-order valence-corrected chi connectivity index (χ2v) is 7.22. The fourth-order valence-corrected chi connectivity index (χ4v) is 3.13. The number of aromatic nitrogens is 1. The highest BCUT2D eigenvalue weighted by Crippen LogP contribution is 2.33. The van der Waals surface area contributed by atoms with Crippen LogP contribution in [0, 0.1) is 0 Å². The molecule has 0 aliphatic heterocycles. The Morgan fingerprint density at radius 3 is 2.61 bits per heavy atom. The van der Waals surface area contributed by atoms with E-state index in [1.807, 2.05) is 0 Å². The number of nitrogens with one attached hydrogen (secondary N) is 1. The van der Waals surface area contributed by atoms with Crippen LogP contribution >= 0.6 is 11.3 Å². The van der Waals surface area contributed by atoms with Crippen LogP contribution in [0.25, 0.3) is 0 Å². The minimum atomic E-state index is 0.0887. The first-order chi connectivity index (χ1) is 8.41. The number of ether oxygens (including phenoxy) is 1. The summed E-state index contributed by atoms with van der Waals surface area (Å²) in [6.45, 7) is 9.69. The molecule has 1 aliphatic rings. The van der Waals surface area contributed by atoms with Gasteiger partial charge in [-0.3, -0.25) is 0 Å². The second-order valence-electron chi connectivity index (χ2n) is 6.11. The Kier molecular flexibility index (Phi) is 4.09. The van der Waals surface area contributed by atoms with Gasteiger partial charge in [0.1, 0.15) is 11.1 Å². The van der Waals surface area contributed by atoms with E-state index in [1.54, 1.807) is 18.4 Å². The van der Waals surface area contributed by atoms with Gasteiger partial charge in [-0.1, -0.05) is 20.8 Å². The lowest BCUT2D eigenvalue weighted by Gasteiger charge is -2.17. The summed E-state index contributed by atoms with van der Waals surface area (Å²) in [7, 11) is 1.74. The fraction of sp³-hybridized carbons (Fsp3) is 0.786. The molecule has 0 aromatic carbocycles. The topological polar surface area (TPSA) is 34.1 Å². The first-order valence-corrected chi connectivity index (χ1v) is 7.49. The molecule has 1 fully saturated rings. The van der Waals surface area contributed by atoms with Gasteiger partial charge in [0.25, 0.3) is 0 Å². The van der Waals surface area contributed by atoms with Crippen LogP contribution in [0.1, 0.15) is 62.2 Å².